The zero-order valence-electron chi connectivity index (χ0n) is 14.6. The van der Waals surface area contributed by atoms with E-state index >= 15 is 0 Å². The van der Waals surface area contributed by atoms with Gasteiger partial charge in [-0.15, -0.1) is 0 Å². The van der Waals surface area contributed by atoms with Crippen LogP contribution in [0.25, 0.3) is 11.0 Å². The van der Waals surface area contributed by atoms with Crippen LogP contribution in [0.15, 0.2) is 78.9 Å². The summed E-state index contributed by atoms with van der Waals surface area (Å²) in [4.78, 5) is 4.87. The van der Waals surface area contributed by atoms with Gasteiger partial charge in [-0.3, -0.25) is 5.32 Å². The molecule has 0 amide bonds. The molecule has 0 unspecified atom stereocenters. The van der Waals surface area contributed by atoms with E-state index in [1.807, 2.05) is 48.5 Å². The number of aromatic hydroxyl groups is 1. The molecule has 1 aromatic heterocycles. The van der Waals surface area contributed by atoms with E-state index in [1.54, 1.807) is 12.1 Å². The van der Waals surface area contributed by atoms with Crippen LogP contribution in [0.2, 0.25) is 0 Å². The second-order valence-electron chi connectivity index (χ2n) is 6.41. The molecular weight excluding hydrogens is 322 g/mol. The molecule has 4 rings (SSSR count). The lowest BCUT2D eigenvalue weighted by Crippen LogP contribution is -2.24. The Bertz CT molecular complexity index is 1020. The van der Waals surface area contributed by atoms with Crippen molar-refractivity contribution in [1.29, 1.82) is 0 Å². The third-order valence-corrected chi connectivity index (χ3v) is 4.63. The molecule has 0 bridgehead atoms. The summed E-state index contributed by atoms with van der Waals surface area (Å²) in [7, 11) is 2.05. The molecular formula is C22H21N3O. The van der Waals surface area contributed by atoms with Gasteiger partial charge in [-0.25, -0.2) is 4.98 Å². The molecule has 0 aliphatic heterocycles. The Morgan fingerprint density at radius 2 is 1.73 bits per heavy atom. The zero-order valence-corrected chi connectivity index (χ0v) is 14.6. The number of nitrogens with one attached hydrogen (secondary N) is 1. The first kappa shape index (κ1) is 16.4. The number of nitrogens with zero attached hydrogens (tertiary/aromatic N) is 2. The third-order valence-electron chi connectivity index (χ3n) is 4.63. The van der Waals surface area contributed by atoms with Gasteiger partial charge in [0.1, 0.15) is 11.6 Å². The fraction of sp³-hybridized carbons (Fsp3) is 0.136. The summed E-state index contributed by atoms with van der Waals surface area (Å²) in [6.07, 6.45) is 0. The minimum Gasteiger partial charge on any atom is -0.508 e. The van der Waals surface area contributed by atoms with Gasteiger partial charge in [0, 0.05) is 13.6 Å². The quantitative estimate of drug-likeness (QED) is 0.572. The summed E-state index contributed by atoms with van der Waals surface area (Å²) < 4.78 is 2.14. The van der Waals surface area contributed by atoms with Crippen LogP contribution >= 0.6 is 0 Å². The molecule has 0 saturated heterocycles. The number of imidazole rings is 1. The molecule has 1 heterocycles. The minimum atomic E-state index is -0.0454. The van der Waals surface area contributed by atoms with E-state index in [9.17, 15) is 5.11 Å². The van der Waals surface area contributed by atoms with Crippen LogP contribution in [0.5, 0.6) is 5.75 Å². The maximum atomic E-state index is 9.71. The average molecular weight is 343 g/mol. The Morgan fingerprint density at radius 1 is 0.962 bits per heavy atom. The number of aromatic nitrogens is 2. The Labute approximate surface area is 152 Å². The van der Waals surface area contributed by atoms with E-state index in [4.69, 9.17) is 4.98 Å². The van der Waals surface area contributed by atoms with E-state index in [2.05, 4.69) is 35.1 Å². The monoisotopic (exact) mass is 343 g/mol. The molecule has 0 radical (unpaired) electrons. The average Bonchev–Trinajstić information content (AvgIpc) is 3.00. The highest BCUT2D eigenvalue weighted by Gasteiger charge is 2.20. The fourth-order valence-electron chi connectivity index (χ4n) is 3.31. The molecule has 130 valence electrons. The molecule has 0 saturated carbocycles. The molecule has 0 fully saturated rings. The van der Waals surface area contributed by atoms with Crippen molar-refractivity contribution in [1.82, 2.24) is 14.9 Å². The Kier molecular flexibility index (Phi) is 4.42. The smallest absolute Gasteiger partial charge is 0.131 e. The van der Waals surface area contributed by atoms with Gasteiger partial charge in [0.25, 0.3) is 0 Å². The molecule has 0 aliphatic rings. The summed E-state index contributed by atoms with van der Waals surface area (Å²) >= 11 is 0. The van der Waals surface area contributed by atoms with Gasteiger partial charge in [-0.05, 0) is 35.4 Å². The van der Waals surface area contributed by atoms with Gasteiger partial charge >= 0.3 is 0 Å². The van der Waals surface area contributed by atoms with Crippen molar-refractivity contribution < 1.29 is 5.11 Å². The Balaban J connectivity index is 1.72. The molecule has 0 spiro atoms. The molecule has 1 atom stereocenters. The van der Waals surface area contributed by atoms with E-state index in [0.717, 1.165) is 28.0 Å². The highest BCUT2D eigenvalue weighted by Crippen LogP contribution is 2.25. The largest absolute Gasteiger partial charge is 0.508 e. The number of phenols is 1. The molecule has 4 heteroatoms. The number of para-hydroxylation sites is 2. The predicted octanol–water partition coefficient (Wildman–Crippen LogP) is 4.16. The molecule has 26 heavy (non-hydrogen) atoms. The second kappa shape index (κ2) is 7.02. The van der Waals surface area contributed by atoms with Crippen molar-refractivity contribution in [2.45, 2.75) is 12.6 Å². The van der Waals surface area contributed by atoms with E-state index in [-0.39, 0.29) is 11.8 Å². The van der Waals surface area contributed by atoms with Crippen molar-refractivity contribution >= 4 is 11.0 Å². The highest BCUT2D eigenvalue weighted by molar-refractivity contribution is 5.76. The van der Waals surface area contributed by atoms with Crippen LogP contribution in [-0.4, -0.2) is 14.7 Å². The number of phenolic OH excluding ortho intramolecular Hbond substituents is 1. The SMILES string of the molecule is Cn1c([C@@H](NCc2cccc(O)c2)c2ccccc2)nc2ccccc21. The van der Waals surface area contributed by atoms with Gasteiger partial charge in [0.05, 0.1) is 17.1 Å². The number of aryl methyl sites for hydroxylation is 1. The van der Waals surface area contributed by atoms with Crippen molar-refractivity contribution in [3.63, 3.8) is 0 Å². The minimum absolute atomic E-state index is 0.0454. The maximum Gasteiger partial charge on any atom is 0.131 e. The van der Waals surface area contributed by atoms with Gasteiger partial charge < -0.3 is 9.67 Å². The summed E-state index contributed by atoms with van der Waals surface area (Å²) in [5, 5.41) is 13.3. The zero-order chi connectivity index (χ0) is 17.9. The first-order valence-electron chi connectivity index (χ1n) is 8.70. The van der Waals surface area contributed by atoms with Crippen LogP contribution in [0.1, 0.15) is 23.0 Å². The first-order chi connectivity index (χ1) is 12.7. The van der Waals surface area contributed by atoms with Crippen LogP contribution < -0.4 is 5.32 Å². The number of rotatable bonds is 5. The van der Waals surface area contributed by atoms with Crippen molar-refractivity contribution in [3.8, 4) is 5.75 Å². The highest BCUT2D eigenvalue weighted by atomic mass is 16.3. The van der Waals surface area contributed by atoms with Crippen molar-refractivity contribution in [3.05, 3.63) is 95.8 Å². The van der Waals surface area contributed by atoms with E-state index < -0.39 is 0 Å². The lowest BCUT2D eigenvalue weighted by atomic mass is 10.1. The molecule has 4 nitrogen and oxygen atoms in total. The Morgan fingerprint density at radius 3 is 2.50 bits per heavy atom. The van der Waals surface area contributed by atoms with Gasteiger partial charge in [-0.1, -0.05) is 54.6 Å². The Hall–Kier alpha value is -3.11. The predicted molar refractivity (Wildman–Crippen MR) is 104 cm³/mol. The molecule has 0 aliphatic carbocycles. The topological polar surface area (TPSA) is 50.1 Å². The normalized spacial score (nSPS) is 12.3. The first-order valence-corrected chi connectivity index (χ1v) is 8.70. The number of fused-ring (bicyclic) bond motifs is 1. The number of hydrogen-bond acceptors (Lipinski definition) is 3. The lowest BCUT2D eigenvalue weighted by Gasteiger charge is -2.19. The van der Waals surface area contributed by atoms with Crippen LogP contribution in [0, 0.1) is 0 Å². The molecule has 3 aromatic carbocycles. The number of hydrogen-bond donors (Lipinski definition) is 2. The lowest BCUT2D eigenvalue weighted by molar-refractivity contribution is 0.473. The third kappa shape index (κ3) is 3.19. The second-order valence-corrected chi connectivity index (χ2v) is 6.41. The van der Waals surface area contributed by atoms with Gasteiger partial charge in [0.2, 0.25) is 0 Å². The summed E-state index contributed by atoms with van der Waals surface area (Å²) in [6.45, 7) is 0.636. The van der Waals surface area contributed by atoms with E-state index in [0.29, 0.717) is 6.54 Å². The van der Waals surface area contributed by atoms with Crippen molar-refractivity contribution in [2.24, 2.45) is 7.05 Å². The van der Waals surface area contributed by atoms with E-state index in [1.165, 1.54) is 0 Å². The summed E-state index contributed by atoms with van der Waals surface area (Å²) in [6, 6.07) is 25.8. The molecule has 4 aromatic rings. The fourth-order valence-corrected chi connectivity index (χ4v) is 3.31. The van der Waals surface area contributed by atoms with Gasteiger partial charge in [-0.2, -0.15) is 0 Å². The summed E-state index contributed by atoms with van der Waals surface area (Å²) in [5.41, 5.74) is 4.29. The van der Waals surface area contributed by atoms with Crippen molar-refractivity contribution in [2.75, 3.05) is 0 Å². The summed E-state index contributed by atoms with van der Waals surface area (Å²) in [5.74, 6) is 1.25. The van der Waals surface area contributed by atoms with Crippen LogP contribution in [0.3, 0.4) is 0 Å². The van der Waals surface area contributed by atoms with Crippen LogP contribution in [-0.2, 0) is 13.6 Å². The maximum absolute atomic E-state index is 9.71. The number of benzene rings is 3. The standard InChI is InChI=1S/C22H21N3O/c1-25-20-13-6-5-12-19(20)24-22(25)21(17-9-3-2-4-10-17)23-15-16-8-7-11-18(26)14-16/h2-14,21,23,26H,15H2,1H3/t21-/m0/s1. The van der Waals surface area contributed by atoms with Crippen LogP contribution in [0.4, 0.5) is 0 Å². The molecule has 2 N–H and O–H groups in total. The van der Waals surface area contributed by atoms with Gasteiger partial charge in [0.15, 0.2) is 0 Å².